The average molecular weight is 248 g/mol. The molecule has 4 rings (SSSR count). The first kappa shape index (κ1) is 10.5. The van der Waals surface area contributed by atoms with Gasteiger partial charge in [-0.25, -0.2) is 0 Å². The second-order valence-corrected chi connectivity index (χ2v) is 4.99. The van der Waals surface area contributed by atoms with E-state index in [4.69, 9.17) is 0 Å². The quantitative estimate of drug-likeness (QED) is 0.874. The summed E-state index contributed by atoms with van der Waals surface area (Å²) in [6.45, 7) is 1.89. The highest BCUT2D eigenvalue weighted by Crippen LogP contribution is 2.51. The van der Waals surface area contributed by atoms with Gasteiger partial charge in [0.1, 0.15) is 0 Å². The van der Waals surface area contributed by atoms with Gasteiger partial charge in [0.25, 0.3) is 5.91 Å². The van der Waals surface area contributed by atoms with Gasteiger partial charge in [0, 0.05) is 11.8 Å². The molecule has 1 aromatic heterocycles. The van der Waals surface area contributed by atoms with Gasteiger partial charge in [0.05, 0.1) is 11.4 Å². The number of hydrogen-bond acceptors (Lipinski definition) is 2. The lowest BCUT2D eigenvalue weighted by molar-refractivity contribution is -0.112. The smallest absolute Gasteiger partial charge is 0.256 e. The van der Waals surface area contributed by atoms with Gasteiger partial charge in [0.2, 0.25) is 0 Å². The van der Waals surface area contributed by atoms with Crippen molar-refractivity contribution < 1.29 is 4.79 Å². The molecule has 3 heteroatoms. The molecule has 0 bridgehead atoms. The van der Waals surface area contributed by atoms with Crippen LogP contribution in [0.15, 0.2) is 64.4 Å². The van der Waals surface area contributed by atoms with Crippen LogP contribution in [0.5, 0.6) is 0 Å². The summed E-state index contributed by atoms with van der Waals surface area (Å²) in [6.07, 6.45) is 8.91. The van der Waals surface area contributed by atoms with Crippen LogP contribution in [0.25, 0.3) is 0 Å². The van der Waals surface area contributed by atoms with E-state index in [0.29, 0.717) is 0 Å². The SMILES string of the molecule is Cc1ncccc1NC(=O)C1=C2C=C3CC3=C2C=C1. The Morgan fingerprint density at radius 2 is 2.21 bits per heavy atom. The molecule has 1 N–H and O–H groups in total. The molecule has 0 unspecified atom stereocenters. The third-order valence-electron chi connectivity index (χ3n) is 3.77. The van der Waals surface area contributed by atoms with Crippen molar-refractivity contribution >= 4 is 11.6 Å². The summed E-state index contributed by atoms with van der Waals surface area (Å²) in [4.78, 5) is 16.5. The third kappa shape index (κ3) is 1.51. The Hall–Kier alpha value is -2.42. The van der Waals surface area contributed by atoms with E-state index >= 15 is 0 Å². The zero-order chi connectivity index (χ0) is 13.0. The summed E-state index contributed by atoms with van der Waals surface area (Å²) in [6, 6.07) is 3.69. The Kier molecular flexibility index (Phi) is 1.96. The lowest BCUT2D eigenvalue weighted by Crippen LogP contribution is -2.14. The van der Waals surface area contributed by atoms with Gasteiger partial charge in [-0.15, -0.1) is 0 Å². The van der Waals surface area contributed by atoms with Crippen molar-refractivity contribution in [2.45, 2.75) is 13.3 Å². The first-order valence-corrected chi connectivity index (χ1v) is 6.34. The van der Waals surface area contributed by atoms with E-state index in [1.165, 1.54) is 16.7 Å². The highest BCUT2D eigenvalue weighted by atomic mass is 16.1. The molecule has 0 atom stereocenters. The first-order chi connectivity index (χ1) is 9.24. The van der Waals surface area contributed by atoms with Crippen LogP contribution in [0.1, 0.15) is 12.1 Å². The zero-order valence-electron chi connectivity index (χ0n) is 10.5. The molecule has 1 aromatic rings. The topological polar surface area (TPSA) is 42.0 Å². The van der Waals surface area contributed by atoms with Crippen molar-refractivity contribution in [1.29, 1.82) is 0 Å². The highest BCUT2D eigenvalue weighted by molar-refractivity contribution is 6.09. The van der Waals surface area contributed by atoms with Crippen LogP contribution in [-0.2, 0) is 4.79 Å². The standard InChI is InChI=1S/C16H12N2O/c1-9-15(3-2-6-17-9)18-16(19)12-5-4-11-13-7-10(13)8-14(11)12/h2-6,8H,7H2,1H3,(H,18,19). The highest BCUT2D eigenvalue weighted by Gasteiger charge is 2.35. The van der Waals surface area contributed by atoms with Crippen LogP contribution >= 0.6 is 0 Å². The minimum Gasteiger partial charge on any atom is -0.320 e. The molecule has 1 amide bonds. The fraction of sp³-hybridized carbons (Fsp3) is 0.125. The maximum absolute atomic E-state index is 12.3. The molecular formula is C16H12N2O. The Balaban J connectivity index is 1.65. The second-order valence-electron chi connectivity index (χ2n) is 4.99. The predicted octanol–water partition coefficient (Wildman–Crippen LogP) is 2.84. The van der Waals surface area contributed by atoms with Crippen LogP contribution < -0.4 is 5.32 Å². The molecule has 3 aliphatic carbocycles. The molecule has 3 nitrogen and oxygen atoms in total. The summed E-state index contributed by atoms with van der Waals surface area (Å²) in [5.41, 5.74) is 7.47. The number of nitrogens with zero attached hydrogens (tertiary/aromatic N) is 1. The van der Waals surface area contributed by atoms with Crippen molar-refractivity contribution in [2.75, 3.05) is 5.32 Å². The Morgan fingerprint density at radius 3 is 3.05 bits per heavy atom. The average Bonchev–Trinajstić information content (AvgIpc) is 2.89. The summed E-state index contributed by atoms with van der Waals surface area (Å²) >= 11 is 0. The number of allylic oxidation sites excluding steroid dienone is 6. The second kappa shape index (κ2) is 3.54. The lowest BCUT2D eigenvalue weighted by Gasteiger charge is -2.08. The van der Waals surface area contributed by atoms with Crippen molar-refractivity contribution in [3.05, 3.63) is 70.1 Å². The van der Waals surface area contributed by atoms with Crippen molar-refractivity contribution in [1.82, 2.24) is 4.98 Å². The van der Waals surface area contributed by atoms with E-state index in [-0.39, 0.29) is 5.91 Å². The number of rotatable bonds is 2. The maximum atomic E-state index is 12.3. The number of nitrogens with one attached hydrogen (secondary N) is 1. The van der Waals surface area contributed by atoms with E-state index in [1.807, 2.05) is 31.2 Å². The number of fused-ring (bicyclic) bond motifs is 2. The van der Waals surface area contributed by atoms with Crippen molar-refractivity contribution in [3.8, 4) is 0 Å². The predicted molar refractivity (Wildman–Crippen MR) is 73.5 cm³/mol. The molecule has 0 saturated heterocycles. The number of aryl methyl sites for hydroxylation is 1. The summed E-state index contributed by atoms with van der Waals surface area (Å²) in [5.74, 6) is -0.0592. The molecule has 92 valence electrons. The molecule has 1 saturated carbocycles. The molecule has 0 radical (unpaired) electrons. The lowest BCUT2D eigenvalue weighted by atomic mass is 10.1. The van der Waals surface area contributed by atoms with Gasteiger partial charge in [-0.2, -0.15) is 0 Å². The molecule has 1 fully saturated rings. The zero-order valence-corrected chi connectivity index (χ0v) is 10.5. The van der Waals surface area contributed by atoms with Gasteiger partial charge in [-0.05, 0) is 59.9 Å². The fourth-order valence-electron chi connectivity index (χ4n) is 2.64. The normalized spacial score (nSPS) is 18.5. The number of hydrogen-bond donors (Lipinski definition) is 1. The van der Waals surface area contributed by atoms with Gasteiger partial charge >= 0.3 is 0 Å². The Bertz CT molecular complexity index is 748. The summed E-state index contributed by atoms with van der Waals surface area (Å²) < 4.78 is 0. The maximum Gasteiger partial charge on any atom is 0.256 e. The number of anilines is 1. The fourth-order valence-corrected chi connectivity index (χ4v) is 2.64. The van der Waals surface area contributed by atoms with E-state index < -0.39 is 0 Å². The van der Waals surface area contributed by atoms with Crippen LogP contribution in [0.2, 0.25) is 0 Å². The van der Waals surface area contributed by atoms with Crippen LogP contribution in [0.4, 0.5) is 5.69 Å². The van der Waals surface area contributed by atoms with Gasteiger partial charge in [-0.3, -0.25) is 9.78 Å². The Labute approximate surface area is 111 Å². The number of amides is 1. The molecule has 19 heavy (non-hydrogen) atoms. The van der Waals surface area contributed by atoms with E-state index in [2.05, 4.69) is 16.4 Å². The molecule has 0 aliphatic heterocycles. The van der Waals surface area contributed by atoms with Crippen LogP contribution in [0, 0.1) is 6.92 Å². The number of carbonyl (C=O) groups excluding carboxylic acids is 1. The summed E-state index contributed by atoms with van der Waals surface area (Å²) in [7, 11) is 0. The van der Waals surface area contributed by atoms with Gasteiger partial charge in [0.15, 0.2) is 0 Å². The first-order valence-electron chi connectivity index (χ1n) is 6.34. The van der Waals surface area contributed by atoms with Crippen LogP contribution in [0.3, 0.4) is 0 Å². The summed E-state index contributed by atoms with van der Waals surface area (Å²) in [5, 5.41) is 2.93. The Morgan fingerprint density at radius 1 is 1.32 bits per heavy atom. The molecule has 0 aromatic carbocycles. The number of carbonyl (C=O) groups is 1. The monoisotopic (exact) mass is 248 g/mol. The molecular weight excluding hydrogens is 236 g/mol. The van der Waals surface area contributed by atoms with Gasteiger partial charge < -0.3 is 5.32 Å². The minimum atomic E-state index is -0.0592. The third-order valence-corrected chi connectivity index (χ3v) is 3.77. The van der Waals surface area contributed by atoms with Crippen molar-refractivity contribution in [2.24, 2.45) is 0 Å². The molecule has 3 aliphatic rings. The van der Waals surface area contributed by atoms with E-state index in [0.717, 1.165) is 28.9 Å². The number of pyridine rings is 1. The number of aromatic nitrogens is 1. The van der Waals surface area contributed by atoms with E-state index in [1.54, 1.807) is 6.20 Å². The van der Waals surface area contributed by atoms with Crippen LogP contribution in [-0.4, -0.2) is 10.9 Å². The van der Waals surface area contributed by atoms with Crippen molar-refractivity contribution in [3.63, 3.8) is 0 Å². The largest absolute Gasteiger partial charge is 0.320 e. The van der Waals surface area contributed by atoms with E-state index in [9.17, 15) is 4.79 Å². The minimum absolute atomic E-state index is 0.0592. The molecule has 0 spiro atoms. The van der Waals surface area contributed by atoms with Gasteiger partial charge in [-0.1, -0.05) is 6.08 Å². The molecule has 1 heterocycles.